The predicted octanol–water partition coefficient (Wildman–Crippen LogP) is 3.71. The maximum Gasteiger partial charge on any atom is 0.227 e. The fourth-order valence-electron chi connectivity index (χ4n) is 2.97. The van der Waals surface area contributed by atoms with Crippen molar-refractivity contribution >= 4 is 33.5 Å². The lowest BCUT2D eigenvalue weighted by atomic mass is 9.96. The molecular weight excluding hydrogens is 368 g/mol. The molecule has 1 aliphatic heterocycles. The van der Waals surface area contributed by atoms with Crippen molar-refractivity contribution in [3.63, 3.8) is 0 Å². The minimum Gasteiger partial charge on any atom is -0.341 e. The van der Waals surface area contributed by atoms with E-state index in [4.69, 9.17) is 0 Å². The van der Waals surface area contributed by atoms with Gasteiger partial charge in [0.25, 0.3) is 0 Å². The van der Waals surface area contributed by atoms with Crippen LogP contribution in [-0.4, -0.2) is 29.0 Å². The van der Waals surface area contributed by atoms with Crippen molar-refractivity contribution in [3.05, 3.63) is 46.2 Å². The lowest BCUT2D eigenvalue weighted by Crippen LogP contribution is -2.39. The smallest absolute Gasteiger partial charge is 0.227 e. The first-order valence-corrected chi connectivity index (χ1v) is 8.94. The number of aryl methyl sites for hydroxylation is 2. The van der Waals surface area contributed by atoms with Crippen molar-refractivity contribution in [2.24, 2.45) is 5.92 Å². The molecule has 1 saturated heterocycles. The highest BCUT2D eigenvalue weighted by molar-refractivity contribution is 9.10. The number of carbonyl (C=O) groups excluding carboxylic acids is 1. The minimum atomic E-state index is 0.0378. The summed E-state index contributed by atoms with van der Waals surface area (Å²) in [5, 5.41) is 3.00. The number of hydrogen-bond acceptors (Lipinski definition) is 4. The third-order valence-electron chi connectivity index (χ3n) is 4.23. The second-order valence-corrected chi connectivity index (χ2v) is 7.12. The number of benzene rings is 1. The van der Waals surface area contributed by atoms with E-state index in [2.05, 4.69) is 36.1 Å². The van der Waals surface area contributed by atoms with E-state index < -0.39 is 0 Å². The summed E-state index contributed by atoms with van der Waals surface area (Å²) in [6.07, 6.45) is 1.64. The van der Waals surface area contributed by atoms with Crippen molar-refractivity contribution in [2.45, 2.75) is 26.7 Å². The van der Waals surface area contributed by atoms with E-state index in [1.807, 2.05) is 44.2 Å². The number of halogens is 1. The molecule has 1 fully saturated rings. The van der Waals surface area contributed by atoms with Crippen molar-refractivity contribution < 1.29 is 4.79 Å². The number of rotatable bonds is 3. The number of aromatic nitrogens is 2. The monoisotopic (exact) mass is 388 g/mol. The van der Waals surface area contributed by atoms with Crippen LogP contribution in [0.5, 0.6) is 0 Å². The Balaban J connectivity index is 1.58. The van der Waals surface area contributed by atoms with E-state index in [1.54, 1.807) is 0 Å². The van der Waals surface area contributed by atoms with Gasteiger partial charge in [0, 0.05) is 40.6 Å². The van der Waals surface area contributed by atoms with Gasteiger partial charge in [-0.3, -0.25) is 4.79 Å². The Morgan fingerprint density at radius 3 is 2.29 bits per heavy atom. The Bertz CT molecular complexity index is 704. The van der Waals surface area contributed by atoms with Crippen LogP contribution in [0, 0.1) is 19.8 Å². The molecule has 0 aliphatic carbocycles. The first kappa shape index (κ1) is 16.9. The van der Waals surface area contributed by atoms with Crippen LogP contribution >= 0.6 is 15.9 Å². The normalized spacial score (nSPS) is 15.4. The first-order chi connectivity index (χ1) is 11.5. The minimum absolute atomic E-state index is 0.0378. The molecule has 0 saturated carbocycles. The predicted molar refractivity (Wildman–Crippen MR) is 99.2 cm³/mol. The number of carbonyl (C=O) groups is 1. The Hall–Kier alpha value is -1.95. The van der Waals surface area contributed by atoms with Crippen LogP contribution in [0.15, 0.2) is 34.8 Å². The molecule has 1 N–H and O–H groups in total. The third kappa shape index (κ3) is 4.12. The lowest BCUT2D eigenvalue weighted by Gasteiger charge is -2.31. The van der Waals surface area contributed by atoms with Crippen LogP contribution in [0.1, 0.15) is 24.2 Å². The molecule has 2 aromatic rings. The molecule has 0 radical (unpaired) electrons. The Kier molecular flexibility index (Phi) is 5.14. The van der Waals surface area contributed by atoms with Gasteiger partial charge in [-0.2, -0.15) is 0 Å². The summed E-state index contributed by atoms with van der Waals surface area (Å²) in [5.41, 5.74) is 2.79. The number of anilines is 2. The Labute approximate surface area is 150 Å². The van der Waals surface area contributed by atoms with E-state index >= 15 is 0 Å². The highest BCUT2D eigenvalue weighted by Gasteiger charge is 2.26. The molecule has 0 unspecified atom stereocenters. The number of hydrogen-bond donors (Lipinski definition) is 1. The second kappa shape index (κ2) is 7.30. The van der Waals surface area contributed by atoms with Crippen molar-refractivity contribution in [2.75, 3.05) is 23.3 Å². The van der Waals surface area contributed by atoms with Crippen LogP contribution < -0.4 is 10.2 Å². The van der Waals surface area contributed by atoms with Gasteiger partial charge in [-0.15, -0.1) is 0 Å². The fraction of sp³-hybridized carbons (Fsp3) is 0.389. The van der Waals surface area contributed by atoms with Crippen LogP contribution in [0.2, 0.25) is 0 Å². The van der Waals surface area contributed by atoms with E-state index in [1.165, 1.54) is 0 Å². The summed E-state index contributed by atoms with van der Waals surface area (Å²) in [5.74, 6) is 0.911. The average molecular weight is 389 g/mol. The summed E-state index contributed by atoms with van der Waals surface area (Å²) in [6, 6.07) is 9.63. The molecule has 6 heteroatoms. The molecule has 1 aliphatic rings. The second-order valence-electron chi connectivity index (χ2n) is 6.21. The third-order valence-corrected chi connectivity index (χ3v) is 4.76. The standard InChI is InChI=1S/C18H21BrN4O/c1-12-11-13(2)21-18(20-12)23-9-7-14(8-10-23)17(24)22-16-5-3-15(19)4-6-16/h3-6,11,14H,7-10H2,1-2H3,(H,22,24). The van der Waals surface area contributed by atoms with Gasteiger partial charge in [-0.1, -0.05) is 15.9 Å². The quantitative estimate of drug-likeness (QED) is 0.870. The zero-order valence-corrected chi connectivity index (χ0v) is 15.5. The number of amides is 1. The fourth-order valence-corrected chi connectivity index (χ4v) is 3.23. The summed E-state index contributed by atoms with van der Waals surface area (Å²) < 4.78 is 1.00. The van der Waals surface area contributed by atoms with Gasteiger partial charge in [0.05, 0.1) is 0 Å². The maximum absolute atomic E-state index is 12.4. The number of piperidine rings is 1. The zero-order valence-electron chi connectivity index (χ0n) is 13.9. The van der Waals surface area contributed by atoms with Gasteiger partial charge in [0.1, 0.15) is 0 Å². The largest absolute Gasteiger partial charge is 0.341 e. The molecule has 0 atom stereocenters. The van der Waals surface area contributed by atoms with E-state index in [0.717, 1.165) is 53.4 Å². The van der Waals surface area contributed by atoms with E-state index in [0.29, 0.717) is 0 Å². The molecule has 126 valence electrons. The maximum atomic E-state index is 12.4. The van der Waals surface area contributed by atoms with Crippen LogP contribution in [0.25, 0.3) is 0 Å². The first-order valence-electron chi connectivity index (χ1n) is 8.15. The van der Waals surface area contributed by atoms with Gasteiger partial charge < -0.3 is 10.2 Å². The van der Waals surface area contributed by atoms with Crippen LogP contribution in [0.3, 0.4) is 0 Å². The summed E-state index contributed by atoms with van der Waals surface area (Å²) in [7, 11) is 0. The molecular formula is C18H21BrN4O. The van der Waals surface area contributed by atoms with E-state index in [-0.39, 0.29) is 11.8 Å². The van der Waals surface area contributed by atoms with Gasteiger partial charge in [0.15, 0.2) is 0 Å². The zero-order chi connectivity index (χ0) is 17.1. The molecule has 2 heterocycles. The average Bonchev–Trinajstić information content (AvgIpc) is 2.56. The summed E-state index contributed by atoms with van der Waals surface area (Å²) in [4.78, 5) is 23.6. The van der Waals surface area contributed by atoms with Crippen molar-refractivity contribution in [1.29, 1.82) is 0 Å². The molecule has 0 spiro atoms. The number of nitrogens with zero attached hydrogens (tertiary/aromatic N) is 3. The van der Waals surface area contributed by atoms with E-state index in [9.17, 15) is 4.79 Å². The van der Waals surface area contributed by atoms with Gasteiger partial charge in [0.2, 0.25) is 11.9 Å². The lowest BCUT2D eigenvalue weighted by molar-refractivity contribution is -0.120. The Morgan fingerprint density at radius 1 is 1.12 bits per heavy atom. The molecule has 3 rings (SSSR count). The SMILES string of the molecule is Cc1cc(C)nc(N2CCC(C(=O)Nc3ccc(Br)cc3)CC2)n1. The molecule has 1 aromatic heterocycles. The van der Waals surface area contributed by atoms with Crippen LogP contribution in [0.4, 0.5) is 11.6 Å². The van der Waals surface area contributed by atoms with Crippen LogP contribution in [-0.2, 0) is 4.79 Å². The molecule has 5 nitrogen and oxygen atoms in total. The highest BCUT2D eigenvalue weighted by atomic mass is 79.9. The van der Waals surface area contributed by atoms with Crippen molar-refractivity contribution in [1.82, 2.24) is 9.97 Å². The van der Waals surface area contributed by atoms with Gasteiger partial charge in [-0.25, -0.2) is 9.97 Å². The molecule has 1 amide bonds. The summed E-state index contributed by atoms with van der Waals surface area (Å²) in [6.45, 7) is 5.58. The van der Waals surface area contributed by atoms with Crippen molar-refractivity contribution in [3.8, 4) is 0 Å². The molecule has 1 aromatic carbocycles. The topological polar surface area (TPSA) is 58.1 Å². The highest BCUT2D eigenvalue weighted by Crippen LogP contribution is 2.23. The Morgan fingerprint density at radius 2 is 1.71 bits per heavy atom. The molecule has 24 heavy (non-hydrogen) atoms. The summed E-state index contributed by atoms with van der Waals surface area (Å²) >= 11 is 3.40. The van der Waals surface area contributed by atoms with Gasteiger partial charge in [-0.05, 0) is 57.0 Å². The van der Waals surface area contributed by atoms with Gasteiger partial charge >= 0.3 is 0 Å². The molecule has 0 bridgehead atoms. The number of nitrogens with one attached hydrogen (secondary N) is 1.